The Bertz CT molecular complexity index is 8230. The Labute approximate surface area is 738 Å². The number of rotatable bonds is 14. The molecule has 6 heteroatoms. The number of ether oxygens (including phenoxy) is 2. The number of anilines is 6. The molecule has 23 aromatic carbocycles. The molecule has 592 valence electrons. The molecule has 25 rings (SSSR count). The molecule has 0 saturated heterocycles. The molecule has 4 nitrogen and oxygen atoms in total. The zero-order chi connectivity index (χ0) is 84.0. The van der Waals surface area contributed by atoms with Gasteiger partial charge in [-0.2, -0.15) is 0 Å². The fourth-order valence-corrected chi connectivity index (χ4v) is 20.5. The lowest BCUT2D eigenvalue weighted by molar-refractivity contribution is 0.487. The number of benzene rings is 23. The third-order valence-electron chi connectivity index (χ3n) is 26.3. The highest BCUT2D eigenvalue weighted by atomic mass is 16.5. The Balaban J connectivity index is 0.000000143. The topological polar surface area (TPSA) is 24.9 Å². The van der Waals surface area contributed by atoms with Gasteiger partial charge in [0, 0.05) is 68.2 Å². The Morgan fingerprint density at radius 1 is 0.181 bits per heavy atom. The number of fused-ring (bicyclic) bond motifs is 15. The highest BCUT2D eigenvalue weighted by molar-refractivity contribution is 6.99. The first kappa shape index (κ1) is 74.6. The van der Waals surface area contributed by atoms with Crippen LogP contribution < -0.4 is 52.1 Å². The average molecular weight is 1620 g/mol. The molecule has 0 radical (unpaired) electrons. The first-order valence-corrected chi connectivity index (χ1v) is 43.9. The van der Waals surface area contributed by atoms with Crippen molar-refractivity contribution in [2.75, 3.05) is 9.80 Å². The molecule has 2 aliphatic rings. The fraction of sp³-hybridized carbons (Fsp3) is 0.00826. The van der Waals surface area contributed by atoms with Crippen molar-refractivity contribution in [3.05, 3.63) is 473 Å². The van der Waals surface area contributed by atoms with Crippen LogP contribution in [-0.4, -0.2) is 13.4 Å². The summed E-state index contributed by atoms with van der Waals surface area (Å²) >= 11 is 0. The van der Waals surface area contributed by atoms with E-state index >= 15 is 0 Å². The lowest BCUT2D eigenvalue weighted by Crippen LogP contribution is -2.52. The number of hydrogen-bond acceptors (Lipinski definition) is 4. The summed E-state index contributed by atoms with van der Waals surface area (Å²) in [7, 11) is 0. The molecule has 127 heavy (non-hydrogen) atoms. The van der Waals surface area contributed by atoms with Gasteiger partial charge >= 0.3 is 0 Å². The van der Waals surface area contributed by atoms with Crippen molar-refractivity contribution in [1.29, 1.82) is 0 Å². The summed E-state index contributed by atoms with van der Waals surface area (Å²) in [5.74, 6) is 3.43. The Hall–Kier alpha value is -16.3. The second kappa shape index (κ2) is 31.3. The van der Waals surface area contributed by atoms with Gasteiger partial charge in [-0.15, -0.1) is 0 Å². The zero-order valence-corrected chi connectivity index (χ0v) is 69.8. The van der Waals surface area contributed by atoms with Crippen molar-refractivity contribution in [3.63, 3.8) is 0 Å². The van der Waals surface area contributed by atoms with Crippen LogP contribution in [0.2, 0.25) is 0 Å². The van der Waals surface area contributed by atoms with Crippen molar-refractivity contribution in [3.8, 4) is 67.5 Å². The van der Waals surface area contributed by atoms with E-state index in [1.807, 2.05) is 0 Å². The lowest BCUT2D eigenvalue weighted by Gasteiger charge is -2.29. The summed E-state index contributed by atoms with van der Waals surface area (Å²) in [4.78, 5) is 4.69. The van der Waals surface area contributed by atoms with Gasteiger partial charge in [0.15, 0.2) is 0 Å². The number of hydrogen-bond donors (Lipinski definition) is 0. The van der Waals surface area contributed by atoms with E-state index in [4.69, 9.17) is 9.47 Å². The van der Waals surface area contributed by atoms with Crippen molar-refractivity contribution >= 4 is 177 Å². The highest BCUT2D eigenvalue weighted by Gasteiger charge is 2.33. The maximum Gasteiger partial charge on any atom is 0.242 e. The third-order valence-corrected chi connectivity index (χ3v) is 26.3. The number of para-hydroxylation sites is 1. The quantitative estimate of drug-likeness (QED) is 0.0800. The van der Waals surface area contributed by atoms with Crippen molar-refractivity contribution in [2.45, 2.75) is 6.92 Å². The van der Waals surface area contributed by atoms with E-state index in [2.05, 4.69) is 484 Å². The predicted molar refractivity (Wildman–Crippen MR) is 542 cm³/mol. The standard InChI is InChI=1S/C65H44BNO.C56H36BNO/c1-43-31-33-50(34-32-43)67(52-38-47(44-17-5-2-6-18-44)37-48(39-52)45-19-7-3-8-20-45)51-35-36-56-60-41-58-54-26-13-14-27-55(54)62(42-59(58)57-28-16-30-63(65(57)60)68-64(56)40-51)66(49-23-9-4-10-24-49)61-29-15-22-46-21-11-12-25-53(46)61;1-3-19-40(20-4-1)57(52-27-13-18-38-16-9-10-23-44(38)52)53-36-50-48-26-14-28-54-56(48)51(35-49(50)45-24-11-12-25-46(45)53)47-32-31-43(34-55(47)59-54)58(41-21-5-2-6-22-41)42-30-29-37-15-7-8-17-39(37)33-42/h2-42H,1H3;1-36H. The molecular weight excluding hydrogens is 1530 g/mol. The van der Waals surface area contributed by atoms with Crippen LogP contribution in [0.15, 0.2) is 467 Å². The van der Waals surface area contributed by atoms with Crippen LogP contribution in [0.1, 0.15) is 5.56 Å². The molecule has 0 aromatic heterocycles. The summed E-state index contributed by atoms with van der Waals surface area (Å²) in [6.07, 6.45) is 0. The van der Waals surface area contributed by atoms with Crippen molar-refractivity contribution in [2.24, 2.45) is 0 Å². The average Bonchev–Trinajstić information content (AvgIpc) is 0.714. The molecule has 0 fully saturated rings. The minimum Gasteiger partial charge on any atom is -0.456 e. The van der Waals surface area contributed by atoms with Gasteiger partial charge in [-0.25, -0.2) is 0 Å². The summed E-state index contributed by atoms with van der Waals surface area (Å²) < 4.78 is 14.0. The molecule has 0 bridgehead atoms. The van der Waals surface area contributed by atoms with Gasteiger partial charge in [-0.3, -0.25) is 0 Å². The molecule has 0 amide bonds. The van der Waals surface area contributed by atoms with E-state index in [0.29, 0.717) is 0 Å². The van der Waals surface area contributed by atoms with Gasteiger partial charge in [-0.1, -0.05) is 390 Å². The largest absolute Gasteiger partial charge is 0.456 e. The van der Waals surface area contributed by atoms with Gasteiger partial charge < -0.3 is 19.3 Å². The minimum absolute atomic E-state index is 0.00597. The van der Waals surface area contributed by atoms with E-state index in [1.165, 1.54) is 147 Å². The molecule has 0 N–H and O–H groups in total. The second-order valence-corrected chi connectivity index (χ2v) is 33.7. The van der Waals surface area contributed by atoms with E-state index in [9.17, 15) is 0 Å². The summed E-state index contributed by atoms with van der Waals surface area (Å²) in [6.45, 7) is 2.17. The maximum absolute atomic E-state index is 7.09. The van der Waals surface area contributed by atoms with Crippen LogP contribution >= 0.6 is 0 Å². The Morgan fingerprint density at radius 2 is 0.535 bits per heavy atom. The van der Waals surface area contributed by atoms with Gasteiger partial charge in [0.05, 0.1) is 0 Å². The molecule has 0 unspecified atom stereocenters. The molecule has 0 aliphatic carbocycles. The van der Waals surface area contributed by atoms with Gasteiger partial charge in [0.2, 0.25) is 13.4 Å². The van der Waals surface area contributed by atoms with Crippen LogP contribution in [0.4, 0.5) is 34.1 Å². The molecule has 0 spiro atoms. The SMILES string of the molecule is Cc1ccc(N(c2cc(-c3ccccc3)cc(-c3ccccc3)c2)c2ccc3c(c2)Oc2cccc4c2c-3cc2c3ccccc3c(B(c3ccccc3)c3cccc5ccccc35)cc42)cc1.c1ccc(B(c2cccc3ccccc23)c2cc3c4cccc5c4c(cc3c3ccccc23)-c2ccc(N(c3ccccc3)c3ccc4ccccc4c3)cc2O5)cc1. The summed E-state index contributed by atoms with van der Waals surface area (Å²) in [5.41, 5.74) is 24.6. The fourth-order valence-electron chi connectivity index (χ4n) is 20.5. The molecular formula is C121H80B2N2O2. The number of aryl methyl sites for hydroxylation is 1. The first-order valence-electron chi connectivity index (χ1n) is 43.9. The zero-order valence-electron chi connectivity index (χ0n) is 69.8. The predicted octanol–water partition coefficient (Wildman–Crippen LogP) is 28.9. The van der Waals surface area contributed by atoms with Crippen molar-refractivity contribution in [1.82, 2.24) is 0 Å². The molecule has 0 saturated carbocycles. The minimum atomic E-state index is 0.00597. The molecule has 2 heterocycles. The second-order valence-electron chi connectivity index (χ2n) is 33.7. The lowest BCUT2D eigenvalue weighted by atomic mass is 9.35. The Morgan fingerprint density at radius 3 is 1.02 bits per heavy atom. The first-order chi connectivity index (χ1) is 62.9. The normalized spacial score (nSPS) is 11.8. The maximum atomic E-state index is 7.09. The van der Waals surface area contributed by atoms with Gasteiger partial charge in [0.25, 0.3) is 0 Å². The molecule has 2 aliphatic heterocycles. The van der Waals surface area contributed by atoms with Gasteiger partial charge in [-0.05, 0) is 230 Å². The number of nitrogens with zero attached hydrogens (tertiary/aromatic N) is 2. The van der Waals surface area contributed by atoms with Crippen LogP contribution in [0, 0.1) is 6.92 Å². The summed E-state index contributed by atoms with van der Waals surface area (Å²) in [5, 5.41) is 22.1. The van der Waals surface area contributed by atoms with E-state index in [1.54, 1.807) is 0 Å². The van der Waals surface area contributed by atoms with Crippen LogP contribution in [0.3, 0.4) is 0 Å². The molecule has 0 atom stereocenters. The van der Waals surface area contributed by atoms with Crippen LogP contribution in [0.25, 0.3) is 141 Å². The van der Waals surface area contributed by atoms with E-state index in [0.717, 1.165) is 90.1 Å². The highest BCUT2D eigenvalue weighted by Crippen LogP contribution is 2.54. The molecule has 23 aromatic rings. The van der Waals surface area contributed by atoms with E-state index < -0.39 is 0 Å². The van der Waals surface area contributed by atoms with Crippen LogP contribution in [-0.2, 0) is 0 Å². The third kappa shape index (κ3) is 13.1. The smallest absolute Gasteiger partial charge is 0.242 e. The van der Waals surface area contributed by atoms with Crippen molar-refractivity contribution < 1.29 is 9.47 Å². The van der Waals surface area contributed by atoms with E-state index in [-0.39, 0.29) is 13.4 Å². The Kier molecular flexibility index (Phi) is 18.3. The van der Waals surface area contributed by atoms with Gasteiger partial charge in [0.1, 0.15) is 23.0 Å². The summed E-state index contributed by atoms with van der Waals surface area (Å²) in [6, 6.07) is 170. The monoisotopic (exact) mass is 1610 g/mol. The van der Waals surface area contributed by atoms with Crippen LogP contribution in [0.5, 0.6) is 23.0 Å².